The van der Waals surface area contributed by atoms with Crippen LogP contribution in [0, 0.1) is 5.41 Å². The van der Waals surface area contributed by atoms with Gasteiger partial charge in [0.25, 0.3) is 5.91 Å². The zero-order valence-corrected chi connectivity index (χ0v) is 11.2. The molecule has 2 atom stereocenters. The smallest absolute Gasteiger partial charge is 0.255 e. The number of anilines is 1. The molecule has 4 N–H and O–H groups in total. The summed E-state index contributed by atoms with van der Waals surface area (Å²) in [6, 6.07) is 4.91. The molecular weight excluding hydrogens is 252 g/mol. The van der Waals surface area contributed by atoms with Crippen LogP contribution in [-0.4, -0.2) is 23.2 Å². The minimum Gasteiger partial charge on any atom is -0.398 e. The van der Waals surface area contributed by atoms with Crippen LogP contribution in [0.15, 0.2) is 18.2 Å². The fourth-order valence-electron chi connectivity index (χ4n) is 2.16. The van der Waals surface area contributed by atoms with Crippen LogP contribution in [0.25, 0.3) is 0 Å². The largest absolute Gasteiger partial charge is 0.398 e. The second kappa shape index (κ2) is 4.44. The van der Waals surface area contributed by atoms with Gasteiger partial charge in [0.15, 0.2) is 0 Å². The van der Waals surface area contributed by atoms with Crippen LogP contribution >= 0.6 is 11.6 Å². The van der Waals surface area contributed by atoms with Gasteiger partial charge in [-0.15, -0.1) is 0 Å². The Kier molecular flexibility index (Phi) is 3.25. The Balaban J connectivity index is 2.14. The average Bonchev–Trinajstić information content (AvgIpc) is 2.28. The Morgan fingerprint density at radius 2 is 2.22 bits per heavy atom. The highest BCUT2D eigenvalue weighted by Gasteiger charge is 2.48. The number of nitrogens with two attached hydrogens (primary N) is 1. The van der Waals surface area contributed by atoms with Gasteiger partial charge in [-0.2, -0.15) is 0 Å². The molecule has 0 heterocycles. The van der Waals surface area contributed by atoms with Crippen LogP contribution in [0.4, 0.5) is 5.69 Å². The number of nitrogens with one attached hydrogen (secondary N) is 1. The summed E-state index contributed by atoms with van der Waals surface area (Å²) in [5.74, 6) is -0.289. The van der Waals surface area contributed by atoms with E-state index in [0.29, 0.717) is 22.7 Å². The molecular formula is C13H17ClN2O2. The van der Waals surface area contributed by atoms with E-state index in [2.05, 4.69) is 5.32 Å². The number of carbonyl (C=O) groups is 1. The number of nitrogen functional groups attached to an aromatic ring is 1. The molecule has 98 valence electrons. The van der Waals surface area contributed by atoms with Gasteiger partial charge < -0.3 is 16.2 Å². The molecule has 0 aromatic heterocycles. The summed E-state index contributed by atoms with van der Waals surface area (Å²) in [5.41, 5.74) is 6.11. The number of rotatable bonds is 2. The number of amides is 1. The molecule has 1 fully saturated rings. The normalized spacial score (nSPS) is 25.3. The van der Waals surface area contributed by atoms with E-state index in [0.717, 1.165) is 0 Å². The molecule has 2 rings (SSSR count). The fourth-order valence-corrected chi connectivity index (χ4v) is 2.43. The van der Waals surface area contributed by atoms with Crippen molar-refractivity contribution in [1.82, 2.24) is 5.32 Å². The summed E-state index contributed by atoms with van der Waals surface area (Å²) in [6.07, 6.45) is 0.176. The molecule has 0 aliphatic heterocycles. The highest BCUT2D eigenvalue weighted by molar-refractivity contribution is 6.34. The Morgan fingerprint density at radius 1 is 1.56 bits per heavy atom. The van der Waals surface area contributed by atoms with E-state index in [1.165, 1.54) is 0 Å². The first-order valence-electron chi connectivity index (χ1n) is 5.87. The predicted molar refractivity (Wildman–Crippen MR) is 71.5 cm³/mol. The molecule has 1 saturated carbocycles. The maximum absolute atomic E-state index is 12.1. The first-order chi connectivity index (χ1) is 8.34. The molecule has 0 bridgehead atoms. The minimum atomic E-state index is -0.383. The molecule has 1 aromatic rings. The van der Waals surface area contributed by atoms with Gasteiger partial charge in [0.2, 0.25) is 0 Å². The third-order valence-corrected chi connectivity index (χ3v) is 4.11. The van der Waals surface area contributed by atoms with Gasteiger partial charge in [-0.25, -0.2) is 0 Å². The number of benzene rings is 1. The number of carbonyl (C=O) groups excluding carboxylic acids is 1. The van der Waals surface area contributed by atoms with Crippen molar-refractivity contribution in [2.75, 3.05) is 5.73 Å². The zero-order valence-electron chi connectivity index (χ0n) is 10.4. The van der Waals surface area contributed by atoms with Crippen molar-refractivity contribution < 1.29 is 9.90 Å². The van der Waals surface area contributed by atoms with E-state index in [1.807, 2.05) is 13.8 Å². The number of halogens is 1. The molecule has 1 aromatic carbocycles. The first-order valence-corrected chi connectivity index (χ1v) is 6.24. The maximum atomic E-state index is 12.1. The van der Waals surface area contributed by atoms with Crippen LogP contribution in [0.3, 0.4) is 0 Å². The van der Waals surface area contributed by atoms with Gasteiger partial charge in [-0.05, 0) is 18.6 Å². The van der Waals surface area contributed by atoms with Crippen LogP contribution in [0.5, 0.6) is 0 Å². The van der Waals surface area contributed by atoms with Crippen molar-refractivity contribution in [2.45, 2.75) is 32.4 Å². The first kappa shape index (κ1) is 13.2. The van der Waals surface area contributed by atoms with E-state index in [1.54, 1.807) is 18.2 Å². The summed E-state index contributed by atoms with van der Waals surface area (Å²) >= 11 is 5.98. The Hall–Kier alpha value is -1.26. The molecule has 0 spiro atoms. The van der Waals surface area contributed by atoms with E-state index in [4.69, 9.17) is 17.3 Å². The van der Waals surface area contributed by atoms with Crippen LogP contribution in [0.1, 0.15) is 30.6 Å². The van der Waals surface area contributed by atoms with Crippen LogP contribution in [-0.2, 0) is 0 Å². The summed E-state index contributed by atoms with van der Waals surface area (Å²) in [5, 5.41) is 12.8. The maximum Gasteiger partial charge on any atom is 0.255 e. The van der Waals surface area contributed by atoms with Crippen molar-refractivity contribution in [3.63, 3.8) is 0 Å². The number of aliphatic hydroxyl groups is 1. The molecule has 0 saturated heterocycles. The topological polar surface area (TPSA) is 75.3 Å². The summed E-state index contributed by atoms with van der Waals surface area (Å²) < 4.78 is 0. The zero-order chi connectivity index (χ0) is 13.5. The van der Waals surface area contributed by atoms with Crippen molar-refractivity contribution in [3.8, 4) is 0 Å². The van der Waals surface area contributed by atoms with E-state index in [-0.39, 0.29) is 23.5 Å². The van der Waals surface area contributed by atoms with E-state index in [9.17, 15) is 9.90 Å². The fraction of sp³-hybridized carbons (Fsp3) is 0.462. The second-order valence-electron chi connectivity index (χ2n) is 5.30. The van der Waals surface area contributed by atoms with Crippen LogP contribution < -0.4 is 11.1 Å². The minimum absolute atomic E-state index is 0.0596. The van der Waals surface area contributed by atoms with Crippen molar-refractivity contribution >= 4 is 23.2 Å². The van der Waals surface area contributed by atoms with Crippen molar-refractivity contribution in [2.24, 2.45) is 5.41 Å². The summed E-state index contributed by atoms with van der Waals surface area (Å²) in [7, 11) is 0. The predicted octanol–water partition coefficient (Wildman–Crippen LogP) is 1.81. The van der Waals surface area contributed by atoms with Crippen LogP contribution in [0.2, 0.25) is 5.02 Å². The van der Waals surface area contributed by atoms with Crippen molar-refractivity contribution in [1.29, 1.82) is 0 Å². The average molecular weight is 269 g/mol. The Morgan fingerprint density at radius 3 is 2.72 bits per heavy atom. The molecule has 4 nitrogen and oxygen atoms in total. The van der Waals surface area contributed by atoms with Gasteiger partial charge in [0.05, 0.1) is 16.7 Å². The lowest BCUT2D eigenvalue weighted by Gasteiger charge is -2.49. The second-order valence-corrected chi connectivity index (χ2v) is 5.71. The lowest BCUT2D eigenvalue weighted by molar-refractivity contribution is -0.0689. The highest BCUT2D eigenvalue weighted by atomic mass is 35.5. The van der Waals surface area contributed by atoms with E-state index >= 15 is 0 Å². The Bertz CT molecular complexity index is 468. The quantitative estimate of drug-likeness (QED) is 0.716. The molecule has 0 radical (unpaired) electrons. The third kappa shape index (κ3) is 2.06. The van der Waals surface area contributed by atoms with Gasteiger partial charge in [0, 0.05) is 17.1 Å². The van der Waals surface area contributed by atoms with Gasteiger partial charge >= 0.3 is 0 Å². The molecule has 2 unspecified atom stereocenters. The number of aliphatic hydroxyl groups excluding tert-OH is 1. The molecule has 1 amide bonds. The van der Waals surface area contributed by atoms with Gasteiger partial charge in [-0.1, -0.05) is 31.5 Å². The molecule has 18 heavy (non-hydrogen) atoms. The van der Waals surface area contributed by atoms with Crippen molar-refractivity contribution in [3.05, 3.63) is 28.8 Å². The Labute approximate surface area is 111 Å². The van der Waals surface area contributed by atoms with Gasteiger partial charge in [0.1, 0.15) is 0 Å². The number of hydrogen-bond donors (Lipinski definition) is 3. The lowest BCUT2D eigenvalue weighted by atomic mass is 9.64. The third-order valence-electron chi connectivity index (χ3n) is 3.79. The summed E-state index contributed by atoms with van der Waals surface area (Å²) in [4.78, 5) is 12.1. The molecule has 1 aliphatic carbocycles. The standard InChI is InChI=1S/C13H17ClN2O2/c1-13(2)9(6-10(13)17)16-12(18)11-7(14)4-3-5-8(11)15/h3-5,9-10,17H,6,15H2,1-2H3,(H,16,18). The monoisotopic (exact) mass is 268 g/mol. The number of hydrogen-bond acceptors (Lipinski definition) is 3. The SMILES string of the molecule is CC1(C)C(O)CC1NC(=O)c1c(N)cccc1Cl. The lowest BCUT2D eigenvalue weighted by Crippen LogP contribution is -2.61. The molecule has 5 heteroatoms. The van der Waals surface area contributed by atoms with E-state index < -0.39 is 0 Å². The molecule has 1 aliphatic rings. The van der Waals surface area contributed by atoms with Gasteiger partial charge in [-0.3, -0.25) is 4.79 Å². The highest BCUT2D eigenvalue weighted by Crippen LogP contribution is 2.40. The summed E-state index contributed by atoms with van der Waals surface area (Å²) in [6.45, 7) is 3.84.